The van der Waals surface area contributed by atoms with E-state index in [9.17, 15) is 0 Å². The molecule has 0 amide bonds. The average Bonchev–Trinajstić information content (AvgIpc) is 1.57. The SMILES string of the molecule is Cc1cc2c(oc3ccccc32)c(-c2cccc[n+]2C)c1C.[C-]#[N+]c1ccc(C)c2c1oc1c(-c3cccc[n+]3C)c(C)ccc12.[C-]#[N+]c1ccc2c(c1)oc1ccc(C)c(-c3cccc[n+]3C)c12.[C-]#[N+]c1ccc2c(oc3c(-c4cccc[n+]4C)c(C)ccc32)c1-c1ccccc1.[C-]#[N+]c1cccc2c1oc1ccc(C)c(-c3cc(C)cc[n+]3C)c12.[C-]#[N+]c1cccc2c1oc1ccc(C)c(-c3cccc[n+]3C)c12. The van der Waals surface area contributed by atoms with Crippen LogP contribution in [0.5, 0.6) is 0 Å². The van der Waals surface area contributed by atoms with Gasteiger partial charge in [0.25, 0.3) is 0 Å². The first-order chi connectivity index (χ1) is 70.4. The van der Waals surface area contributed by atoms with E-state index in [4.69, 9.17) is 59.4 Å². The predicted molar refractivity (Wildman–Crippen MR) is 581 cm³/mol. The van der Waals surface area contributed by atoms with Gasteiger partial charge in [-0.15, -0.1) is 0 Å². The standard InChI is InChI=1S/C26H19N2O.2C21H17N2O.2C20H15N2O.C20H18NO/c1-17-12-13-19-20-14-15-21(27-2)24(18-9-5-4-6-10-18)26(20)29-25(19)23(17)22-11-7-8-16-28(22)3;1-13-9-11-16(22-3)21-18(13)15-10-8-14(2)19(20(15)24-21)17-7-5-6-12-23(17)4;1-13-10-11-23(4)17(12-13)19-14(2)8-9-18-20(19)15-6-5-7-16(22-3)21(15)24-18;1-13-10-11-17-19(18(13)16-9-4-5-12-22(16)3)14-7-6-8-15(21-2)20(14)23-17;1-13-7-10-17-20(19(13)16-6-4-5-11-22(16)3)15-9-8-14(21-2)12-18(15)23-17;1-13-12-16-15-8-4-5-10-18(15)22-20(16)19(14(13)2)17-9-6-7-11-21(17)3/h4-16H,1,3H3;2*5-12H,1-2,4H3;2*4-12H,1,3H3;4-12H,1-3H3/q6*+1. The number of benzene rings is 13. The average molecular weight is 1890 g/mol. The van der Waals surface area contributed by atoms with Crippen LogP contribution < -0.4 is 27.4 Å². The lowest BCUT2D eigenvalue weighted by molar-refractivity contribution is -0.660. The van der Waals surface area contributed by atoms with Gasteiger partial charge in [0.2, 0.25) is 51.2 Å². The van der Waals surface area contributed by atoms with Crippen molar-refractivity contribution in [1.29, 1.82) is 0 Å². The summed E-state index contributed by atoms with van der Waals surface area (Å²) in [5.74, 6) is 0. The van der Waals surface area contributed by atoms with E-state index in [1.807, 2.05) is 235 Å². The fraction of sp³-hybridized carbons (Fsp3) is 0.117. The first-order valence-electron chi connectivity index (χ1n) is 47.8. The molecule has 12 heterocycles. The molecule has 25 rings (SSSR count). The van der Waals surface area contributed by atoms with Crippen molar-refractivity contribution in [2.24, 2.45) is 42.3 Å². The van der Waals surface area contributed by atoms with Gasteiger partial charge >= 0.3 is 0 Å². The van der Waals surface area contributed by atoms with Crippen LogP contribution in [0, 0.1) is 95.2 Å². The molecule has 0 N–H and O–H groups in total. The predicted octanol–water partition coefficient (Wildman–Crippen LogP) is 31.7. The Hall–Kier alpha value is -19.0. The molecule has 0 radical (unpaired) electrons. The van der Waals surface area contributed by atoms with Crippen LogP contribution in [-0.4, -0.2) is 0 Å². The van der Waals surface area contributed by atoms with Gasteiger partial charge in [0.1, 0.15) is 109 Å². The monoisotopic (exact) mass is 1890 g/mol. The lowest BCUT2D eigenvalue weighted by Gasteiger charge is -2.08. The minimum atomic E-state index is 0.555. The molecule has 0 unspecified atom stereocenters. The van der Waals surface area contributed by atoms with Crippen molar-refractivity contribution in [3.63, 3.8) is 0 Å². The summed E-state index contributed by atoms with van der Waals surface area (Å²) >= 11 is 0. The minimum Gasteiger partial charge on any atom is -0.467 e. The molecule has 0 bridgehead atoms. The number of hydrogen-bond donors (Lipinski definition) is 0. The van der Waals surface area contributed by atoms with E-state index < -0.39 is 0 Å². The summed E-state index contributed by atoms with van der Waals surface area (Å²) in [5.41, 5.74) is 38.9. The number of rotatable bonds is 7. The van der Waals surface area contributed by atoms with E-state index in [-0.39, 0.29) is 0 Å². The highest BCUT2D eigenvalue weighted by atomic mass is 16.4. The summed E-state index contributed by atoms with van der Waals surface area (Å²) in [6.45, 7) is 56.1. The van der Waals surface area contributed by atoms with E-state index in [2.05, 4.69) is 250 Å². The van der Waals surface area contributed by atoms with Gasteiger partial charge in [-0.25, -0.2) is 51.6 Å². The van der Waals surface area contributed by atoms with Crippen LogP contribution in [0.2, 0.25) is 0 Å². The van der Waals surface area contributed by atoms with Crippen molar-refractivity contribution in [1.82, 2.24) is 0 Å². The first-order valence-corrected chi connectivity index (χ1v) is 47.8. The molecule has 0 aliphatic rings. The van der Waals surface area contributed by atoms with Crippen molar-refractivity contribution in [2.45, 2.75) is 62.3 Å². The highest BCUT2D eigenvalue weighted by molar-refractivity contribution is 6.20. The zero-order valence-corrected chi connectivity index (χ0v) is 83.2. The molecule has 0 saturated carbocycles. The van der Waals surface area contributed by atoms with Gasteiger partial charge in [-0.1, -0.05) is 164 Å². The topological polar surface area (TPSA) is 124 Å². The Bertz CT molecular complexity index is 9810. The fourth-order valence-corrected chi connectivity index (χ4v) is 20.3. The van der Waals surface area contributed by atoms with Gasteiger partial charge in [0.15, 0.2) is 48.6 Å². The number of furan rings is 6. The second-order valence-electron chi connectivity index (χ2n) is 36.9. The Kier molecular flexibility index (Phi) is 25.2. The number of aromatic nitrogens is 6. The number of fused-ring (bicyclic) bond motifs is 18. The molecule has 0 aliphatic carbocycles. The molecule has 698 valence electrons. The van der Waals surface area contributed by atoms with Crippen molar-refractivity contribution in [3.05, 3.63) is 448 Å². The lowest BCUT2D eigenvalue weighted by Crippen LogP contribution is -2.30. The molecule has 17 nitrogen and oxygen atoms in total. The van der Waals surface area contributed by atoms with Crippen LogP contribution in [-0.2, 0) is 42.3 Å². The number of hydrogen-bond acceptors (Lipinski definition) is 6. The summed E-state index contributed by atoms with van der Waals surface area (Å²) < 4.78 is 49.8. The van der Waals surface area contributed by atoms with Gasteiger partial charge in [-0.05, 0) is 185 Å². The highest BCUT2D eigenvalue weighted by Gasteiger charge is 2.30. The zero-order valence-electron chi connectivity index (χ0n) is 83.2. The number of pyridine rings is 6. The largest absolute Gasteiger partial charge is 0.467 e. The lowest BCUT2D eigenvalue weighted by atomic mass is 9.96. The van der Waals surface area contributed by atoms with Crippen molar-refractivity contribution in [2.75, 3.05) is 0 Å². The minimum absolute atomic E-state index is 0.555. The normalized spacial score (nSPS) is 11.1. The molecular weight excluding hydrogens is 1790 g/mol. The summed E-state index contributed by atoms with van der Waals surface area (Å²) in [6, 6.07) is 101. The molecule has 17 heteroatoms. The first kappa shape index (κ1) is 93.6. The molecule has 145 heavy (non-hydrogen) atoms. The third-order valence-electron chi connectivity index (χ3n) is 27.7. The van der Waals surface area contributed by atoms with Gasteiger partial charge in [-0.3, -0.25) is 0 Å². The Morgan fingerprint density at radius 2 is 0.572 bits per heavy atom. The molecule has 12 aromatic heterocycles. The second kappa shape index (κ2) is 39.0. The van der Waals surface area contributed by atoms with Crippen LogP contribution in [0.4, 0.5) is 28.4 Å². The van der Waals surface area contributed by atoms with Gasteiger partial charge in [0.05, 0.1) is 66.2 Å². The van der Waals surface area contributed by atoms with Crippen LogP contribution in [0.3, 0.4) is 0 Å². The Balaban J connectivity index is 0.000000106. The van der Waals surface area contributed by atoms with Gasteiger partial charge in [0, 0.05) is 143 Å². The summed E-state index contributed by atoms with van der Waals surface area (Å²) in [7, 11) is 12.3. The fourth-order valence-electron chi connectivity index (χ4n) is 20.3. The summed E-state index contributed by atoms with van der Waals surface area (Å²) in [4.78, 5) is 18.1. The molecule has 0 spiro atoms. The molecule has 25 aromatic rings. The maximum absolute atomic E-state index is 7.66. The number of nitrogens with zero attached hydrogens (tertiary/aromatic N) is 11. The second-order valence-corrected chi connectivity index (χ2v) is 36.9. The molecule has 13 aromatic carbocycles. The Morgan fingerprint density at radius 3 is 1.09 bits per heavy atom. The summed E-state index contributed by atoms with van der Waals surface area (Å²) in [5, 5.41) is 12.9. The Labute approximate surface area is 839 Å². The van der Waals surface area contributed by atoms with Crippen LogP contribution in [0.1, 0.15) is 50.1 Å². The van der Waals surface area contributed by atoms with Crippen LogP contribution >= 0.6 is 0 Å². The Morgan fingerprint density at radius 1 is 0.200 bits per heavy atom. The van der Waals surface area contributed by atoms with E-state index >= 15 is 0 Å². The molecule has 0 saturated heterocycles. The summed E-state index contributed by atoms with van der Waals surface area (Å²) in [6.07, 6.45) is 12.3. The van der Waals surface area contributed by atoms with Gasteiger partial charge < -0.3 is 26.5 Å². The molecule has 0 aliphatic heterocycles. The van der Waals surface area contributed by atoms with Crippen molar-refractivity contribution < 1.29 is 53.9 Å². The smallest absolute Gasteiger partial charge is 0.229 e. The van der Waals surface area contributed by atoms with Gasteiger partial charge in [-0.2, -0.15) is 0 Å². The highest BCUT2D eigenvalue weighted by Crippen LogP contribution is 2.49. The molecule has 0 atom stereocenters. The maximum Gasteiger partial charge on any atom is 0.229 e. The van der Waals surface area contributed by atoms with Crippen LogP contribution in [0.15, 0.2) is 367 Å². The number of para-hydroxylation sites is 3. The third-order valence-corrected chi connectivity index (χ3v) is 27.7. The van der Waals surface area contributed by atoms with E-state index in [1.165, 1.54) is 66.5 Å². The molecular formula is C128H101N11O6+6. The number of aryl methyl sites for hydroxylation is 14. The third kappa shape index (κ3) is 17.0. The quantitative estimate of drug-likeness (QED) is 0.116. The maximum atomic E-state index is 7.66. The van der Waals surface area contributed by atoms with Crippen LogP contribution in [0.25, 0.3) is 235 Å². The van der Waals surface area contributed by atoms with Crippen molar-refractivity contribution >= 4 is 160 Å². The molecule has 0 fully saturated rings. The van der Waals surface area contributed by atoms with Crippen molar-refractivity contribution in [3.8, 4) is 78.7 Å². The zero-order chi connectivity index (χ0) is 101. The van der Waals surface area contributed by atoms with E-state index in [0.717, 1.165) is 177 Å². The van der Waals surface area contributed by atoms with E-state index in [0.29, 0.717) is 45.2 Å². The van der Waals surface area contributed by atoms with E-state index in [1.54, 1.807) is 12.1 Å².